The average Bonchev–Trinajstić information content (AvgIpc) is 2.14. The summed E-state index contributed by atoms with van der Waals surface area (Å²) in [6.45, 7) is -1.34. The first-order chi connectivity index (χ1) is 7.29. The van der Waals surface area contributed by atoms with E-state index in [0.717, 1.165) is 13.2 Å². The highest BCUT2D eigenvalue weighted by Crippen LogP contribution is 2.16. The SMILES string of the molecule is CN(CC(F)(F)F)C(=O)c1cncc(N)n1. The number of nitrogens with two attached hydrogens (primary N) is 1. The predicted octanol–water partition coefficient (Wildman–Crippen LogP) is 0.693. The van der Waals surface area contributed by atoms with Gasteiger partial charge in [-0.3, -0.25) is 9.78 Å². The molecule has 1 amide bonds. The number of carbonyl (C=O) groups is 1. The molecule has 5 nitrogen and oxygen atoms in total. The second-order valence-electron chi connectivity index (χ2n) is 3.11. The number of anilines is 1. The van der Waals surface area contributed by atoms with Crippen LogP contribution >= 0.6 is 0 Å². The van der Waals surface area contributed by atoms with Gasteiger partial charge in [0.15, 0.2) is 0 Å². The normalized spacial score (nSPS) is 11.2. The van der Waals surface area contributed by atoms with Gasteiger partial charge in [-0.25, -0.2) is 4.98 Å². The van der Waals surface area contributed by atoms with Crippen molar-refractivity contribution in [3.8, 4) is 0 Å². The highest BCUT2D eigenvalue weighted by molar-refractivity contribution is 5.92. The molecule has 0 radical (unpaired) electrons. The Morgan fingerprint density at radius 3 is 2.62 bits per heavy atom. The van der Waals surface area contributed by atoms with Gasteiger partial charge in [0.2, 0.25) is 0 Å². The lowest BCUT2D eigenvalue weighted by Crippen LogP contribution is -2.36. The van der Waals surface area contributed by atoms with E-state index in [1.165, 1.54) is 6.20 Å². The first-order valence-electron chi connectivity index (χ1n) is 4.19. The van der Waals surface area contributed by atoms with Gasteiger partial charge in [-0.2, -0.15) is 13.2 Å². The van der Waals surface area contributed by atoms with Crippen LogP contribution in [0.15, 0.2) is 12.4 Å². The minimum absolute atomic E-state index is 0.0220. The summed E-state index contributed by atoms with van der Waals surface area (Å²) in [7, 11) is 1.03. The molecule has 1 heterocycles. The van der Waals surface area contributed by atoms with E-state index >= 15 is 0 Å². The van der Waals surface area contributed by atoms with Crippen LogP contribution in [0.1, 0.15) is 10.5 Å². The summed E-state index contributed by atoms with van der Waals surface area (Å²) >= 11 is 0. The van der Waals surface area contributed by atoms with E-state index in [-0.39, 0.29) is 11.5 Å². The molecular weight excluding hydrogens is 225 g/mol. The number of rotatable bonds is 2. The third kappa shape index (κ3) is 3.37. The fourth-order valence-corrected chi connectivity index (χ4v) is 1.02. The maximum atomic E-state index is 12.0. The lowest BCUT2D eigenvalue weighted by molar-refractivity contribution is -0.138. The Hall–Kier alpha value is -1.86. The maximum Gasteiger partial charge on any atom is 0.406 e. The number of nitrogen functional groups attached to an aromatic ring is 1. The van der Waals surface area contributed by atoms with Crippen LogP contribution in [0.3, 0.4) is 0 Å². The number of hydrogen-bond donors (Lipinski definition) is 1. The third-order valence-corrected chi connectivity index (χ3v) is 1.64. The summed E-state index contributed by atoms with van der Waals surface area (Å²) in [6, 6.07) is 0. The largest absolute Gasteiger partial charge is 0.406 e. The van der Waals surface area contributed by atoms with E-state index in [0.29, 0.717) is 4.90 Å². The van der Waals surface area contributed by atoms with Crippen LogP contribution in [0.2, 0.25) is 0 Å². The topological polar surface area (TPSA) is 72.1 Å². The van der Waals surface area contributed by atoms with Gasteiger partial charge in [-0.05, 0) is 0 Å². The second kappa shape index (κ2) is 4.33. The number of carbonyl (C=O) groups excluding carboxylic acids is 1. The minimum Gasteiger partial charge on any atom is -0.382 e. The first-order valence-corrected chi connectivity index (χ1v) is 4.19. The fraction of sp³-hybridized carbons (Fsp3) is 0.375. The average molecular weight is 234 g/mol. The van der Waals surface area contributed by atoms with Gasteiger partial charge in [0.1, 0.15) is 18.1 Å². The van der Waals surface area contributed by atoms with Crippen LogP contribution in [0, 0.1) is 0 Å². The van der Waals surface area contributed by atoms with E-state index in [1.54, 1.807) is 0 Å². The Bertz CT molecular complexity index is 393. The zero-order valence-electron chi connectivity index (χ0n) is 8.32. The van der Waals surface area contributed by atoms with E-state index in [2.05, 4.69) is 9.97 Å². The number of halogens is 3. The van der Waals surface area contributed by atoms with Crippen LogP contribution in [-0.4, -0.2) is 40.5 Å². The fourth-order valence-electron chi connectivity index (χ4n) is 1.02. The van der Waals surface area contributed by atoms with E-state index in [1.807, 2.05) is 0 Å². The Labute approximate surface area is 89.1 Å². The lowest BCUT2D eigenvalue weighted by Gasteiger charge is -2.18. The molecule has 1 rings (SSSR count). The van der Waals surface area contributed by atoms with E-state index in [9.17, 15) is 18.0 Å². The van der Waals surface area contributed by atoms with Gasteiger partial charge in [-0.1, -0.05) is 0 Å². The number of nitrogens with zero attached hydrogens (tertiary/aromatic N) is 3. The van der Waals surface area contributed by atoms with Crippen molar-refractivity contribution < 1.29 is 18.0 Å². The lowest BCUT2D eigenvalue weighted by atomic mass is 10.4. The molecule has 1 aromatic heterocycles. The Balaban J connectivity index is 2.78. The van der Waals surface area contributed by atoms with Gasteiger partial charge < -0.3 is 10.6 Å². The van der Waals surface area contributed by atoms with Crippen molar-refractivity contribution in [1.29, 1.82) is 0 Å². The number of amides is 1. The highest BCUT2D eigenvalue weighted by Gasteiger charge is 2.31. The Kier molecular flexibility index (Phi) is 3.31. The summed E-state index contributed by atoms with van der Waals surface area (Å²) in [4.78, 5) is 19.1. The number of hydrogen-bond acceptors (Lipinski definition) is 4. The minimum atomic E-state index is -4.45. The molecule has 8 heteroatoms. The molecule has 0 aliphatic rings. The van der Waals surface area contributed by atoms with Gasteiger partial charge in [0.25, 0.3) is 5.91 Å². The van der Waals surface area contributed by atoms with Crippen LogP contribution in [-0.2, 0) is 0 Å². The van der Waals surface area contributed by atoms with Gasteiger partial charge in [0, 0.05) is 7.05 Å². The van der Waals surface area contributed by atoms with Crippen molar-refractivity contribution in [1.82, 2.24) is 14.9 Å². The Morgan fingerprint density at radius 1 is 1.50 bits per heavy atom. The molecule has 1 aromatic rings. The summed E-state index contributed by atoms with van der Waals surface area (Å²) in [6.07, 6.45) is -2.19. The molecule has 88 valence electrons. The molecule has 0 unspecified atom stereocenters. The van der Waals surface area contributed by atoms with Crippen molar-refractivity contribution in [3.05, 3.63) is 18.1 Å². The molecule has 2 N–H and O–H groups in total. The maximum absolute atomic E-state index is 12.0. The molecular formula is C8H9F3N4O. The second-order valence-corrected chi connectivity index (χ2v) is 3.11. The zero-order chi connectivity index (χ0) is 12.3. The van der Waals surface area contributed by atoms with Crippen molar-refractivity contribution in [2.24, 2.45) is 0 Å². The van der Waals surface area contributed by atoms with Crippen molar-refractivity contribution >= 4 is 11.7 Å². The van der Waals surface area contributed by atoms with Gasteiger partial charge >= 0.3 is 6.18 Å². The van der Waals surface area contributed by atoms with Gasteiger partial charge in [0.05, 0.1) is 12.4 Å². The molecule has 16 heavy (non-hydrogen) atoms. The third-order valence-electron chi connectivity index (χ3n) is 1.64. The van der Waals surface area contributed by atoms with Crippen LogP contribution in [0.4, 0.5) is 19.0 Å². The molecule has 0 atom stereocenters. The van der Waals surface area contributed by atoms with Crippen LogP contribution < -0.4 is 5.73 Å². The smallest absolute Gasteiger partial charge is 0.382 e. The molecule has 0 saturated heterocycles. The monoisotopic (exact) mass is 234 g/mol. The Morgan fingerprint density at radius 2 is 2.12 bits per heavy atom. The first kappa shape index (κ1) is 12.2. The van der Waals surface area contributed by atoms with Crippen molar-refractivity contribution in [3.63, 3.8) is 0 Å². The number of alkyl halides is 3. The predicted molar refractivity (Wildman–Crippen MR) is 49.5 cm³/mol. The van der Waals surface area contributed by atoms with E-state index in [4.69, 9.17) is 5.73 Å². The summed E-state index contributed by atoms with van der Waals surface area (Å²) < 4.78 is 36.0. The zero-order valence-corrected chi connectivity index (χ0v) is 8.32. The quantitative estimate of drug-likeness (QED) is 0.817. The van der Waals surface area contributed by atoms with Crippen LogP contribution in [0.25, 0.3) is 0 Å². The molecule has 0 fully saturated rings. The molecule has 0 aliphatic carbocycles. The number of aromatic nitrogens is 2. The molecule has 0 bridgehead atoms. The van der Waals surface area contributed by atoms with Crippen LogP contribution in [0.5, 0.6) is 0 Å². The molecule has 0 aromatic carbocycles. The summed E-state index contributed by atoms with van der Waals surface area (Å²) in [5.41, 5.74) is 5.04. The molecule has 0 spiro atoms. The standard InChI is InChI=1S/C8H9F3N4O/c1-15(4-8(9,10)11)7(16)5-2-13-3-6(12)14-5/h2-3H,4H2,1H3,(H2,12,14). The van der Waals surface area contributed by atoms with Crippen molar-refractivity contribution in [2.75, 3.05) is 19.3 Å². The molecule has 0 aliphatic heterocycles. The highest BCUT2D eigenvalue weighted by atomic mass is 19.4. The van der Waals surface area contributed by atoms with E-state index < -0.39 is 18.6 Å². The van der Waals surface area contributed by atoms with Gasteiger partial charge in [-0.15, -0.1) is 0 Å². The summed E-state index contributed by atoms with van der Waals surface area (Å²) in [5, 5.41) is 0. The summed E-state index contributed by atoms with van der Waals surface area (Å²) in [5.74, 6) is -0.900. The van der Waals surface area contributed by atoms with Crippen molar-refractivity contribution in [2.45, 2.75) is 6.18 Å². The molecule has 0 saturated carbocycles.